The van der Waals surface area contributed by atoms with Gasteiger partial charge in [0.05, 0.1) is 10.6 Å². The maximum Gasteiger partial charge on any atom is 0.240 e. The SMILES string of the molecule is Cc1ccc(S(=O)(=O)NCc2cccnc2-c2ccncc2)cc1Cl. The van der Waals surface area contributed by atoms with Crippen molar-refractivity contribution in [3.63, 3.8) is 0 Å². The first-order valence-corrected chi connectivity index (χ1v) is 9.43. The van der Waals surface area contributed by atoms with E-state index in [9.17, 15) is 8.42 Å². The highest BCUT2D eigenvalue weighted by Gasteiger charge is 2.16. The van der Waals surface area contributed by atoms with E-state index in [0.29, 0.717) is 5.02 Å². The molecule has 0 aliphatic rings. The van der Waals surface area contributed by atoms with Crippen LogP contribution in [0.4, 0.5) is 0 Å². The van der Waals surface area contributed by atoms with Crippen molar-refractivity contribution in [3.8, 4) is 11.3 Å². The molecule has 0 saturated carbocycles. The van der Waals surface area contributed by atoms with E-state index in [2.05, 4.69) is 14.7 Å². The third kappa shape index (κ3) is 4.04. The highest BCUT2D eigenvalue weighted by molar-refractivity contribution is 7.89. The minimum atomic E-state index is -3.67. The van der Waals surface area contributed by atoms with Gasteiger partial charge >= 0.3 is 0 Å². The van der Waals surface area contributed by atoms with Crippen LogP contribution in [-0.2, 0) is 16.6 Å². The summed E-state index contributed by atoms with van der Waals surface area (Å²) in [5.41, 5.74) is 3.20. The van der Waals surface area contributed by atoms with Crippen molar-refractivity contribution in [2.75, 3.05) is 0 Å². The van der Waals surface area contributed by atoms with Crippen LogP contribution < -0.4 is 4.72 Å². The quantitative estimate of drug-likeness (QED) is 0.741. The molecule has 0 atom stereocenters. The van der Waals surface area contributed by atoms with E-state index in [1.165, 1.54) is 12.1 Å². The molecular formula is C18H16ClN3O2S. The van der Waals surface area contributed by atoms with Crippen LogP contribution in [0.3, 0.4) is 0 Å². The molecule has 25 heavy (non-hydrogen) atoms. The Labute approximate surface area is 151 Å². The van der Waals surface area contributed by atoms with Crippen LogP contribution in [0, 0.1) is 6.92 Å². The molecular weight excluding hydrogens is 358 g/mol. The second-order valence-electron chi connectivity index (χ2n) is 5.48. The molecule has 0 amide bonds. The van der Waals surface area contributed by atoms with Crippen molar-refractivity contribution >= 4 is 21.6 Å². The molecule has 7 heteroatoms. The van der Waals surface area contributed by atoms with Gasteiger partial charge < -0.3 is 0 Å². The lowest BCUT2D eigenvalue weighted by molar-refractivity contribution is 0.581. The lowest BCUT2D eigenvalue weighted by Gasteiger charge is -2.11. The van der Waals surface area contributed by atoms with Crippen LogP contribution in [0.1, 0.15) is 11.1 Å². The van der Waals surface area contributed by atoms with E-state index < -0.39 is 10.0 Å². The monoisotopic (exact) mass is 373 g/mol. The number of aromatic nitrogens is 2. The second-order valence-corrected chi connectivity index (χ2v) is 7.66. The fourth-order valence-corrected chi connectivity index (χ4v) is 3.63. The third-order valence-electron chi connectivity index (χ3n) is 3.75. The zero-order chi connectivity index (χ0) is 17.9. The number of benzene rings is 1. The smallest absolute Gasteiger partial charge is 0.240 e. The van der Waals surface area contributed by atoms with E-state index in [0.717, 1.165) is 22.4 Å². The van der Waals surface area contributed by atoms with Gasteiger partial charge in [-0.1, -0.05) is 23.7 Å². The number of hydrogen-bond acceptors (Lipinski definition) is 4. The number of aryl methyl sites for hydroxylation is 1. The molecule has 3 aromatic rings. The summed E-state index contributed by atoms with van der Waals surface area (Å²) in [6.45, 7) is 1.95. The maximum absolute atomic E-state index is 12.5. The number of hydrogen-bond donors (Lipinski definition) is 1. The van der Waals surface area contributed by atoms with Crippen molar-refractivity contribution in [2.45, 2.75) is 18.4 Å². The van der Waals surface area contributed by atoms with Gasteiger partial charge in [0.2, 0.25) is 10.0 Å². The Morgan fingerprint density at radius 3 is 2.56 bits per heavy atom. The van der Waals surface area contributed by atoms with Crippen LogP contribution in [-0.4, -0.2) is 18.4 Å². The molecule has 0 aliphatic heterocycles. The zero-order valence-corrected chi connectivity index (χ0v) is 15.1. The molecule has 5 nitrogen and oxygen atoms in total. The standard InChI is InChI=1S/C18H16ClN3O2S/c1-13-4-5-16(11-17(13)19)25(23,24)22-12-15-3-2-8-21-18(15)14-6-9-20-10-7-14/h2-11,22H,12H2,1H3. The summed E-state index contributed by atoms with van der Waals surface area (Å²) in [6, 6.07) is 12.0. The zero-order valence-electron chi connectivity index (χ0n) is 13.5. The molecule has 0 unspecified atom stereocenters. The molecule has 1 aromatic carbocycles. The highest BCUT2D eigenvalue weighted by Crippen LogP contribution is 2.22. The van der Waals surface area contributed by atoms with E-state index in [1.54, 1.807) is 30.7 Å². The molecule has 0 fully saturated rings. The predicted octanol–water partition coefficient (Wildman–Crippen LogP) is 3.58. The minimum Gasteiger partial charge on any atom is -0.265 e. The molecule has 128 valence electrons. The molecule has 0 aliphatic carbocycles. The minimum absolute atomic E-state index is 0.124. The number of halogens is 1. The fraction of sp³-hybridized carbons (Fsp3) is 0.111. The van der Waals surface area contributed by atoms with Crippen molar-refractivity contribution in [3.05, 3.63) is 77.2 Å². The van der Waals surface area contributed by atoms with Crippen LogP contribution in [0.15, 0.2) is 66.0 Å². The third-order valence-corrected chi connectivity index (χ3v) is 5.56. The topological polar surface area (TPSA) is 72.0 Å². The summed E-state index contributed by atoms with van der Waals surface area (Å²) in [4.78, 5) is 8.49. The number of nitrogens with zero attached hydrogens (tertiary/aromatic N) is 2. The normalized spacial score (nSPS) is 11.4. The van der Waals surface area contributed by atoms with Crippen LogP contribution in [0.25, 0.3) is 11.3 Å². The lowest BCUT2D eigenvalue weighted by Crippen LogP contribution is -2.23. The Morgan fingerprint density at radius 1 is 1.08 bits per heavy atom. The summed E-state index contributed by atoms with van der Waals surface area (Å²) in [5, 5.41) is 0.418. The van der Waals surface area contributed by atoms with Gasteiger partial charge in [0.1, 0.15) is 0 Å². The molecule has 0 radical (unpaired) electrons. The molecule has 0 spiro atoms. The summed E-state index contributed by atoms with van der Waals surface area (Å²) >= 11 is 6.03. The van der Waals surface area contributed by atoms with E-state index in [-0.39, 0.29) is 11.4 Å². The van der Waals surface area contributed by atoms with Gasteiger partial charge in [0, 0.05) is 35.7 Å². The van der Waals surface area contributed by atoms with Crippen molar-refractivity contribution in [1.82, 2.24) is 14.7 Å². The summed E-state index contributed by atoms with van der Waals surface area (Å²) in [7, 11) is -3.67. The van der Waals surface area contributed by atoms with Gasteiger partial charge in [-0.25, -0.2) is 13.1 Å². The van der Waals surface area contributed by atoms with E-state index >= 15 is 0 Å². The Morgan fingerprint density at radius 2 is 1.84 bits per heavy atom. The Kier molecular flexibility index (Phi) is 5.13. The fourth-order valence-electron chi connectivity index (χ4n) is 2.35. The largest absolute Gasteiger partial charge is 0.265 e. The Balaban J connectivity index is 1.85. The molecule has 0 saturated heterocycles. The summed E-state index contributed by atoms with van der Waals surface area (Å²) < 4.78 is 27.6. The number of pyridine rings is 2. The van der Waals surface area contributed by atoms with Gasteiger partial charge in [0.25, 0.3) is 0 Å². The predicted molar refractivity (Wildman–Crippen MR) is 97.7 cm³/mol. The first kappa shape index (κ1) is 17.5. The van der Waals surface area contributed by atoms with Crippen molar-refractivity contribution in [2.24, 2.45) is 0 Å². The van der Waals surface area contributed by atoms with Crippen LogP contribution in [0.2, 0.25) is 5.02 Å². The average molecular weight is 374 g/mol. The van der Waals surface area contributed by atoms with Gasteiger partial charge in [-0.15, -0.1) is 0 Å². The lowest BCUT2D eigenvalue weighted by atomic mass is 10.1. The molecule has 0 bridgehead atoms. The average Bonchev–Trinajstić information content (AvgIpc) is 2.63. The van der Waals surface area contributed by atoms with Gasteiger partial charge in [-0.05, 0) is 48.4 Å². The molecule has 2 aromatic heterocycles. The van der Waals surface area contributed by atoms with Crippen LogP contribution in [0.5, 0.6) is 0 Å². The van der Waals surface area contributed by atoms with Crippen LogP contribution >= 0.6 is 11.6 Å². The van der Waals surface area contributed by atoms with E-state index in [1.807, 2.05) is 25.1 Å². The number of nitrogens with one attached hydrogen (secondary N) is 1. The molecule has 2 heterocycles. The molecule has 3 rings (SSSR count). The second kappa shape index (κ2) is 7.31. The Hall–Kier alpha value is -2.28. The summed E-state index contributed by atoms with van der Waals surface area (Å²) in [5.74, 6) is 0. The Bertz CT molecular complexity index is 992. The number of rotatable bonds is 5. The first-order chi connectivity index (χ1) is 12.0. The van der Waals surface area contributed by atoms with Gasteiger partial charge in [0.15, 0.2) is 0 Å². The van der Waals surface area contributed by atoms with Crippen molar-refractivity contribution < 1.29 is 8.42 Å². The maximum atomic E-state index is 12.5. The van der Waals surface area contributed by atoms with E-state index in [4.69, 9.17) is 11.6 Å². The van der Waals surface area contributed by atoms with Gasteiger partial charge in [-0.2, -0.15) is 0 Å². The highest BCUT2D eigenvalue weighted by atomic mass is 35.5. The first-order valence-electron chi connectivity index (χ1n) is 7.57. The molecule has 1 N–H and O–H groups in total. The van der Waals surface area contributed by atoms with Gasteiger partial charge in [-0.3, -0.25) is 9.97 Å². The summed E-state index contributed by atoms with van der Waals surface area (Å²) in [6.07, 6.45) is 5.02. The number of sulfonamides is 1. The van der Waals surface area contributed by atoms with Crippen molar-refractivity contribution in [1.29, 1.82) is 0 Å².